The molecule has 114 valence electrons. The number of aliphatic hydroxyl groups excluding tert-OH is 1. The van der Waals surface area contributed by atoms with Crippen LogP contribution in [0.3, 0.4) is 0 Å². The van der Waals surface area contributed by atoms with E-state index in [4.69, 9.17) is 9.84 Å². The molecule has 0 heterocycles. The third kappa shape index (κ3) is 8.82. The Morgan fingerprint density at radius 2 is 1.86 bits per heavy atom. The fourth-order valence-electron chi connectivity index (χ4n) is 2.00. The van der Waals surface area contributed by atoms with Crippen LogP contribution < -0.4 is 0 Å². The number of hydrogen-bond donors (Lipinski definition) is 1. The molecule has 0 aromatic heterocycles. The number of rotatable bonds is 11. The Bertz CT molecular complexity index is 435. The van der Waals surface area contributed by atoms with E-state index in [1.165, 1.54) is 11.6 Å². The van der Waals surface area contributed by atoms with E-state index in [1.807, 2.05) is 18.2 Å². The van der Waals surface area contributed by atoms with Gasteiger partial charge in [-0.2, -0.15) is 0 Å². The summed E-state index contributed by atoms with van der Waals surface area (Å²) >= 11 is 0. The van der Waals surface area contributed by atoms with Crippen molar-refractivity contribution in [2.75, 3.05) is 6.61 Å². The molecule has 0 saturated carbocycles. The quantitative estimate of drug-likeness (QED) is 0.216. The molecule has 1 rings (SSSR count). The second-order valence-corrected chi connectivity index (χ2v) is 4.90. The molecule has 3 heteroatoms. The highest BCUT2D eigenvalue weighted by atomic mass is 16.5. The first kappa shape index (κ1) is 17.2. The minimum atomic E-state index is 0.675. The maximum atomic E-state index is 10.2. The number of unbranched alkanes of at least 4 members (excludes halogenated alkanes) is 3. The van der Waals surface area contributed by atoms with E-state index in [-0.39, 0.29) is 0 Å². The fourth-order valence-corrected chi connectivity index (χ4v) is 2.00. The lowest BCUT2D eigenvalue weighted by molar-refractivity contribution is -0.104. The van der Waals surface area contributed by atoms with Crippen LogP contribution in [0.2, 0.25) is 0 Å². The third-order valence-electron chi connectivity index (χ3n) is 3.17. The zero-order chi connectivity index (χ0) is 15.2. The van der Waals surface area contributed by atoms with Crippen molar-refractivity contribution >= 4 is 6.29 Å². The smallest absolute Gasteiger partial charge is 0.142 e. The zero-order valence-corrected chi connectivity index (χ0v) is 12.4. The van der Waals surface area contributed by atoms with Crippen molar-refractivity contribution in [3.63, 3.8) is 0 Å². The first-order chi connectivity index (χ1) is 10.4. The van der Waals surface area contributed by atoms with Crippen molar-refractivity contribution in [2.45, 2.75) is 38.7 Å². The van der Waals surface area contributed by atoms with Gasteiger partial charge in [-0.3, -0.25) is 4.79 Å². The Kier molecular flexibility index (Phi) is 9.75. The summed E-state index contributed by atoms with van der Waals surface area (Å²) in [6.07, 6.45) is 9.91. The standard InChI is InChI=1S/C18H24O3/c19-13-8-12-17(15-20)9-4-1-2-7-14-21-16-18-10-5-3-6-11-18/h3,5-6,8,10-13,15,20H,1-2,4,7,9,14,16H2. The molecule has 0 aliphatic heterocycles. The first-order valence-corrected chi connectivity index (χ1v) is 7.43. The Morgan fingerprint density at radius 1 is 1.10 bits per heavy atom. The maximum absolute atomic E-state index is 10.2. The second kappa shape index (κ2) is 11.9. The lowest BCUT2D eigenvalue weighted by Crippen LogP contribution is -1.95. The van der Waals surface area contributed by atoms with Gasteiger partial charge in [0.1, 0.15) is 6.29 Å². The maximum Gasteiger partial charge on any atom is 0.142 e. The van der Waals surface area contributed by atoms with Gasteiger partial charge in [0.05, 0.1) is 12.9 Å². The van der Waals surface area contributed by atoms with Gasteiger partial charge in [-0.1, -0.05) is 49.2 Å². The number of aliphatic hydroxyl groups is 1. The molecule has 0 atom stereocenters. The van der Waals surface area contributed by atoms with Gasteiger partial charge >= 0.3 is 0 Å². The van der Waals surface area contributed by atoms with E-state index in [0.717, 1.165) is 50.5 Å². The number of hydrogen-bond acceptors (Lipinski definition) is 3. The SMILES string of the molecule is O=CC=CC(=CO)CCCCCCOCc1ccccc1. The Balaban J connectivity index is 1.97. The van der Waals surface area contributed by atoms with Crippen molar-refractivity contribution in [1.82, 2.24) is 0 Å². The Labute approximate surface area is 127 Å². The molecule has 0 spiro atoms. The zero-order valence-electron chi connectivity index (χ0n) is 12.4. The number of benzene rings is 1. The molecule has 0 amide bonds. The third-order valence-corrected chi connectivity index (χ3v) is 3.17. The van der Waals surface area contributed by atoms with Crippen LogP contribution in [-0.4, -0.2) is 18.0 Å². The molecule has 0 fully saturated rings. The predicted octanol–water partition coefficient (Wildman–Crippen LogP) is 4.35. The van der Waals surface area contributed by atoms with Gasteiger partial charge in [0.15, 0.2) is 0 Å². The number of carbonyl (C=O) groups is 1. The second-order valence-electron chi connectivity index (χ2n) is 4.90. The number of aldehydes is 1. The van der Waals surface area contributed by atoms with E-state index in [0.29, 0.717) is 12.9 Å². The topological polar surface area (TPSA) is 46.5 Å². The molecule has 3 nitrogen and oxygen atoms in total. The summed E-state index contributed by atoms with van der Waals surface area (Å²) < 4.78 is 5.62. The van der Waals surface area contributed by atoms with Crippen molar-refractivity contribution in [1.29, 1.82) is 0 Å². The molecule has 0 aliphatic rings. The van der Waals surface area contributed by atoms with Crippen LogP contribution in [0.1, 0.15) is 37.7 Å². The highest BCUT2D eigenvalue weighted by Crippen LogP contribution is 2.11. The molecule has 0 radical (unpaired) electrons. The molecule has 1 N–H and O–H groups in total. The van der Waals surface area contributed by atoms with Crippen LogP contribution in [-0.2, 0) is 16.1 Å². The van der Waals surface area contributed by atoms with Crippen LogP contribution in [0.25, 0.3) is 0 Å². The van der Waals surface area contributed by atoms with Crippen molar-refractivity contribution in [3.8, 4) is 0 Å². The van der Waals surface area contributed by atoms with E-state index in [1.54, 1.807) is 6.08 Å². The largest absolute Gasteiger partial charge is 0.515 e. The van der Waals surface area contributed by atoms with Gasteiger partial charge in [-0.25, -0.2) is 0 Å². The van der Waals surface area contributed by atoms with Crippen LogP contribution in [0.15, 0.2) is 54.3 Å². The van der Waals surface area contributed by atoms with E-state index < -0.39 is 0 Å². The normalized spacial score (nSPS) is 11.9. The van der Waals surface area contributed by atoms with E-state index >= 15 is 0 Å². The van der Waals surface area contributed by atoms with E-state index in [2.05, 4.69) is 12.1 Å². The Hall–Kier alpha value is -1.87. The van der Waals surface area contributed by atoms with Crippen LogP contribution >= 0.6 is 0 Å². The summed E-state index contributed by atoms with van der Waals surface area (Å²) in [5, 5.41) is 8.98. The summed E-state index contributed by atoms with van der Waals surface area (Å²) in [4.78, 5) is 10.2. The molecule has 1 aromatic carbocycles. The molecule has 1 aromatic rings. The molecule has 21 heavy (non-hydrogen) atoms. The molecular formula is C18H24O3. The highest BCUT2D eigenvalue weighted by molar-refractivity contribution is 5.65. The number of carbonyl (C=O) groups excluding carboxylic acids is 1. The molecule has 0 saturated heterocycles. The van der Waals surface area contributed by atoms with E-state index in [9.17, 15) is 4.79 Å². The lowest BCUT2D eigenvalue weighted by atomic mass is 10.1. The Morgan fingerprint density at radius 3 is 2.57 bits per heavy atom. The summed E-state index contributed by atoms with van der Waals surface area (Å²) in [5.41, 5.74) is 2.00. The summed E-state index contributed by atoms with van der Waals surface area (Å²) in [7, 11) is 0. The summed E-state index contributed by atoms with van der Waals surface area (Å²) in [6.45, 7) is 1.46. The summed E-state index contributed by atoms with van der Waals surface area (Å²) in [5.74, 6) is 0. The molecular weight excluding hydrogens is 264 g/mol. The van der Waals surface area contributed by atoms with Crippen LogP contribution in [0, 0.1) is 0 Å². The van der Waals surface area contributed by atoms with Gasteiger partial charge in [0, 0.05) is 6.61 Å². The molecule has 0 bridgehead atoms. The van der Waals surface area contributed by atoms with Crippen LogP contribution in [0.4, 0.5) is 0 Å². The average Bonchev–Trinajstić information content (AvgIpc) is 2.53. The lowest BCUT2D eigenvalue weighted by Gasteiger charge is -2.05. The summed E-state index contributed by atoms with van der Waals surface area (Å²) in [6, 6.07) is 10.2. The minimum Gasteiger partial charge on any atom is -0.515 e. The highest BCUT2D eigenvalue weighted by Gasteiger charge is 1.96. The fraction of sp³-hybridized carbons (Fsp3) is 0.389. The predicted molar refractivity (Wildman–Crippen MR) is 85.1 cm³/mol. The average molecular weight is 288 g/mol. The van der Waals surface area contributed by atoms with Gasteiger partial charge in [-0.05, 0) is 36.5 Å². The first-order valence-electron chi connectivity index (χ1n) is 7.43. The number of allylic oxidation sites excluding steroid dienone is 3. The minimum absolute atomic E-state index is 0.675. The van der Waals surface area contributed by atoms with Gasteiger partial charge < -0.3 is 9.84 Å². The monoisotopic (exact) mass is 288 g/mol. The molecule has 0 unspecified atom stereocenters. The van der Waals surface area contributed by atoms with Gasteiger partial charge in [0.2, 0.25) is 0 Å². The molecule has 0 aliphatic carbocycles. The number of ether oxygens (including phenoxy) is 1. The van der Waals surface area contributed by atoms with Crippen molar-refractivity contribution in [3.05, 3.63) is 59.9 Å². The van der Waals surface area contributed by atoms with Crippen LogP contribution in [0.5, 0.6) is 0 Å². The van der Waals surface area contributed by atoms with Crippen molar-refractivity contribution < 1.29 is 14.6 Å². The van der Waals surface area contributed by atoms with Gasteiger partial charge in [0.25, 0.3) is 0 Å². The van der Waals surface area contributed by atoms with Crippen molar-refractivity contribution in [2.24, 2.45) is 0 Å². The van der Waals surface area contributed by atoms with Gasteiger partial charge in [-0.15, -0.1) is 0 Å².